The van der Waals surface area contributed by atoms with E-state index in [0.717, 1.165) is 0 Å². The molecular weight excluding hydrogens is 361 g/mol. The Kier molecular flexibility index (Phi) is 4.68. The van der Waals surface area contributed by atoms with Gasteiger partial charge in [0.25, 0.3) is 0 Å². The number of rotatable bonds is 4. The minimum absolute atomic E-state index is 0.106. The molecule has 0 unspecified atom stereocenters. The summed E-state index contributed by atoms with van der Waals surface area (Å²) in [7, 11) is -2.05. The molecule has 0 amide bonds. The molecule has 2 fully saturated rings. The highest BCUT2D eigenvalue weighted by molar-refractivity contribution is 7.89. The Morgan fingerprint density at radius 3 is 2.87 bits per heavy atom. The van der Waals surface area contributed by atoms with Crippen molar-refractivity contribution in [3.05, 3.63) is 27.7 Å². The van der Waals surface area contributed by atoms with Crippen LogP contribution >= 0.6 is 23.2 Å². The van der Waals surface area contributed by atoms with Crippen LogP contribution in [0.3, 0.4) is 0 Å². The lowest BCUT2D eigenvalue weighted by molar-refractivity contribution is 0.0601. The van der Waals surface area contributed by atoms with E-state index in [-0.39, 0.29) is 21.3 Å². The van der Waals surface area contributed by atoms with E-state index in [1.807, 2.05) is 0 Å². The Bertz CT molecular complexity index is 724. The summed E-state index contributed by atoms with van der Waals surface area (Å²) in [5.41, 5.74) is 0.305. The van der Waals surface area contributed by atoms with Crippen LogP contribution in [-0.2, 0) is 19.5 Å². The fourth-order valence-electron chi connectivity index (χ4n) is 3.43. The zero-order chi connectivity index (χ0) is 16.8. The maximum Gasteiger partial charge on any atom is 0.244 e. The van der Waals surface area contributed by atoms with Gasteiger partial charge < -0.3 is 9.47 Å². The Balaban J connectivity index is 1.95. The normalized spacial score (nSPS) is 28.3. The summed E-state index contributed by atoms with van der Waals surface area (Å²) in [4.78, 5) is 0.106. The average molecular weight is 380 g/mol. The molecule has 0 bridgehead atoms. The van der Waals surface area contributed by atoms with Crippen molar-refractivity contribution in [1.82, 2.24) is 4.31 Å². The number of fused-ring (bicyclic) bond motifs is 1. The summed E-state index contributed by atoms with van der Waals surface area (Å²) in [6.45, 7) is 4.07. The van der Waals surface area contributed by atoms with Crippen LogP contribution in [0.4, 0.5) is 0 Å². The van der Waals surface area contributed by atoms with Crippen molar-refractivity contribution in [3.63, 3.8) is 0 Å². The first-order chi connectivity index (χ1) is 10.8. The van der Waals surface area contributed by atoms with E-state index >= 15 is 0 Å². The van der Waals surface area contributed by atoms with Gasteiger partial charge in [-0.05, 0) is 24.6 Å². The Morgan fingerprint density at radius 2 is 2.17 bits per heavy atom. The number of hydrogen-bond acceptors (Lipinski definition) is 4. The van der Waals surface area contributed by atoms with Crippen molar-refractivity contribution in [2.75, 3.05) is 40.0 Å². The molecule has 2 atom stereocenters. The first-order valence-corrected chi connectivity index (χ1v) is 9.53. The van der Waals surface area contributed by atoms with Crippen LogP contribution in [0.5, 0.6) is 0 Å². The van der Waals surface area contributed by atoms with E-state index in [9.17, 15) is 8.42 Å². The topological polar surface area (TPSA) is 55.8 Å². The van der Waals surface area contributed by atoms with Gasteiger partial charge >= 0.3 is 0 Å². The fourth-order valence-corrected chi connectivity index (χ4v) is 5.80. The zero-order valence-electron chi connectivity index (χ0n) is 13.0. The van der Waals surface area contributed by atoms with Crippen molar-refractivity contribution in [3.8, 4) is 0 Å². The highest BCUT2D eigenvalue weighted by Crippen LogP contribution is 2.44. The van der Waals surface area contributed by atoms with Crippen LogP contribution < -0.4 is 0 Å². The molecule has 2 aliphatic heterocycles. The molecule has 1 aromatic rings. The van der Waals surface area contributed by atoms with Crippen LogP contribution in [0.25, 0.3) is 0 Å². The first kappa shape index (κ1) is 17.5. The van der Waals surface area contributed by atoms with Gasteiger partial charge in [0.15, 0.2) is 0 Å². The largest absolute Gasteiger partial charge is 0.384 e. The third-order valence-electron chi connectivity index (χ3n) is 4.82. The van der Waals surface area contributed by atoms with E-state index in [2.05, 4.69) is 0 Å². The van der Waals surface area contributed by atoms with Crippen molar-refractivity contribution in [2.24, 2.45) is 11.3 Å². The molecule has 2 aliphatic rings. The highest BCUT2D eigenvalue weighted by Gasteiger charge is 2.53. The van der Waals surface area contributed by atoms with Crippen LogP contribution in [-0.4, -0.2) is 52.7 Å². The molecule has 3 rings (SSSR count). The van der Waals surface area contributed by atoms with Crippen molar-refractivity contribution < 1.29 is 17.9 Å². The predicted molar refractivity (Wildman–Crippen MR) is 88.6 cm³/mol. The van der Waals surface area contributed by atoms with Gasteiger partial charge in [0.2, 0.25) is 10.0 Å². The maximum atomic E-state index is 13.0. The lowest BCUT2D eigenvalue weighted by Crippen LogP contribution is -2.37. The van der Waals surface area contributed by atoms with E-state index in [4.69, 9.17) is 32.7 Å². The second-order valence-corrected chi connectivity index (χ2v) is 8.98. The van der Waals surface area contributed by atoms with Crippen molar-refractivity contribution in [2.45, 2.75) is 11.8 Å². The molecule has 2 saturated heterocycles. The molecule has 0 saturated carbocycles. The molecule has 0 N–H and O–H groups in total. The summed E-state index contributed by atoms with van der Waals surface area (Å²) >= 11 is 12.2. The van der Waals surface area contributed by atoms with E-state index in [1.165, 1.54) is 10.4 Å². The van der Waals surface area contributed by atoms with Crippen LogP contribution in [0, 0.1) is 18.3 Å². The van der Waals surface area contributed by atoms with Crippen LogP contribution in [0.15, 0.2) is 17.0 Å². The first-order valence-electron chi connectivity index (χ1n) is 7.33. The molecule has 8 heteroatoms. The van der Waals surface area contributed by atoms with Crippen LogP contribution in [0.1, 0.15) is 5.56 Å². The van der Waals surface area contributed by atoms with E-state index < -0.39 is 10.0 Å². The Morgan fingerprint density at radius 1 is 1.43 bits per heavy atom. The fraction of sp³-hybridized carbons (Fsp3) is 0.600. The summed E-state index contributed by atoms with van der Waals surface area (Å²) in [5, 5.41) is 0.642. The summed E-state index contributed by atoms with van der Waals surface area (Å²) in [5.74, 6) is 0.143. The van der Waals surface area contributed by atoms with Gasteiger partial charge in [-0.15, -0.1) is 0 Å². The highest BCUT2D eigenvalue weighted by atomic mass is 35.5. The number of benzene rings is 1. The Labute approximate surface area is 146 Å². The smallest absolute Gasteiger partial charge is 0.244 e. The molecule has 2 heterocycles. The zero-order valence-corrected chi connectivity index (χ0v) is 15.3. The van der Waals surface area contributed by atoms with E-state index in [1.54, 1.807) is 20.1 Å². The third-order valence-corrected chi connectivity index (χ3v) is 7.69. The van der Waals surface area contributed by atoms with Gasteiger partial charge in [-0.2, -0.15) is 4.31 Å². The number of ether oxygens (including phenoxy) is 2. The number of hydrogen-bond donors (Lipinski definition) is 0. The predicted octanol–water partition coefficient (Wildman–Crippen LogP) is 2.59. The van der Waals surface area contributed by atoms with Crippen molar-refractivity contribution >= 4 is 33.2 Å². The van der Waals surface area contributed by atoms with Gasteiger partial charge in [0, 0.05) is 36.6 Å². The summed E-state index contributed by atoms with van der Waals surface area (Å²) in [6, 6.07) is 3.04. The lowest BCUT2D eigenvalue weighted by Gasteiger charge is -2.26. The third kappa shape index (κ3) is 2.79. The van der Waals surface area contributed by atoms with Gasteiger partial charge in [-0.1, -0.05) is 23.2 Å². The monoisotopic (exact) mass is 379 g/mol. The van der Waals surface area contributed by atoms with Gasteiger partial charge in [0.05, 0.1) is 24.8 Å². The van der Waals surface area contributed by atoms with Crippen molar-refractivity contribution in [1.29, 1.82) is 0 Å². The minimum atomic E-state index is -3.68. The maximum absolute atomic E-state index is 13.0. The summed E-state index contributed by atoms with van der Waals surface area (Å²) < 4.78 is 38.4. The SMILES string of the molecule is COC[C@@]12COC[C@@H]1CN(S(=O)(=O)c1ccc(Cl)c(C)c1Cl)C2. The molecule has 128 valence electrons. The molecule has 0 radical (unpaired) electrons. The molecule has 5 nitrogen and oxygen atoms in total. The minimum Gasteiger partial charge on any atom is -0.384 e. The standard InChI is InChI=1S/C15H19Cl2NO4S/c1-10-12(16)3-4-13(14(10)17)23(19,20)18-5-11-6-22-9-15(11,7-18)8-21-2/h3-4,11H,5-9H2,1-2H3/t11-,15-/m0/s1. The number of methoxy groups -OCH3 is 1. The van der Waals surface area contributed by atoms with Gasteiger partial charge in [-0.25, -0.2) is 8.42 Å². The molecule has 0 spiro atoms. The van der Waals surface area contributed by atoms with Gasteiger partial charge in [-0.3, -0.25) is 0 Å². The van der Waals surface area contributed by atoms with Gasteiger partial charge in [0.1, 0.15) is 4.90 Å². The number of sulfonamides is 1. The average Bonchev–Trinajstić information content (AvgIpc) is 3.02. The number of nitrogens with zero attached hydrogens (tertiary/aromatic N) is 1. The van der Waals surface area contributed by atoms with Crippen LogP contribution in [0.2, 0.25) is 10.0 Å². The second-order valence-electron chi connectivity index (χ2n) is 6.29. The lowest BCUT2D eigenvalue weighted by atomic mass is 9.82. The molecule has 1 aromatic carbocycles. The Hall–Kier alpha value is -0.370. The molecule has 0 aliphatic carbocycles. The molecule has 0 aromatic heterocycles. The second kappa shape index (κ2) is 6.17. The summed E-state index contributed by atoms with van der Waals surface area (Å²) in [6.07, 6.45) is 0. The molecule has 23 heavy (non-hydrogen) atoms. The van der Waals surface area contributed by atoms with E-state index in [0.29, 0.717) is 43.5 Å². The quantitative estimate of drug-likeness (QED) is 0.806. The molecular formula is C15H19Cl2NO4S. The number of halogens is 2.